The van der Waals surface area contributed by atoms with Crippen LogP contribution in [0.4, 0.5) is 14.6 Å². The maximum atomic E-state index is 15.2. The summed E-state index contributed by atoms with van der Waals surface area (Å²) >= 11 is 6.10. The maximum absolute atomic E-state index is 15.2. The van der Waals surface area contributed by atoms with Crippen LogP contribution in [-0.2, 0) is 22.9 Å². The zero-order valence-corrected chi connectivity index (χ0v) is 21.6. The van der Waals surface area contributed by atoms with Crippen molar-refractivity contribution in [2.75, 3.05) is 26.1 Å². The Morgan fingerprint density at radius 3 is 2.51 bits per heavy atom. The van der Waals surface area contributed by atoms with Crippen molar-refractivity contribution in [2.24, 2.45) is 0 Å². The number of alkyl halides is 2. The highest BCUT2D eigenvalue weighted by molar-refractivity contribution is 7.48. The average Bonchev–Trinajstić information content (AvgIpc) is 3.08. The lowest BCUT2D eigenvalue weighted by molar-refractivity contribution is -0.139. The number of fused-ring (bicyclic) bond motifs is 1. The van der Waals surface area contributed by atoms with E-state index in [2.05, 4.69) is 10.3 Å². The minimum atomic E-state index is -4.25. The zero-order chi connectivity index (χ0) is 27.1. The van der Waals surface area contributed by atoms with E-state index in [0.29, 0.717) is 4.57 Å². The number of phosphoric ester groups is 1. The summed E-state index contributed by atoms with van der Waals surface area (Å²) in [6, 6.07) is 3.83. The lowest BCUT2D eigenvalue weighted by atomic mass is 10.1. The monoisotopic (exact) mass is 565 g/mol. The molecular formula is C21H23ClF2N3O9P. The molecule has 2 aliphatic heterocycles. The summed E-state index contributed by atoms with van der Waals surface area (Å²) in [5.41, 5.74) is -1.07. The molecule has 2 unspecified atom stereocenters. The molecule has 16 heteroatoms. The van der Waals surface area contributed by atoms with Gasteiger partial charge in [0, 0.05) is 11.8 Å². The second-order valence-corrected chi connectivity index (χ2v) is 10.2. The van der Waals surface area contributed by atoms with E-state index in [9.17, 15) is 14.2 Å². The minimum Gasteiger partial charge on any atom is -0.495 e. The van der Waals surface area contributed by atoms with Gasteiger partial charge in [-0.25, -0.2) is 9.36 Å². The third-order valence-corrected chi connectivity index (χ3v) is 7.36. The van der Waals surface area contributed by atoms with Gasteiger partial charge in [-0.15, -0.1) is 0 Å². The molecule has 202 valence electrons. The molecule has 0 aliphatic carbocycles. The van der Waals surface area contributed by atoms with Crippen molar-refractivity contribution in [2.45, 2.75) is 44.3 Å². The fraction of sp³-hybridized carbons (Fsp3) is 0.476. The van der Waals surface area contributed by atoms with Gasteiger partial charge in [-0.3, -0.25) is 22.9 Å². The zero-order valence-electron chi connectivity index (χ0n) is 20.0. The van der Waals surface area contributed by atoms with Crippen LogP contribution in [0.3, 0.4) is 0 Å². The molecule has 0 spiro atoms. The van der Waals surface area contributed by atoms with Gasteiger partial charge in [0.15, 0.2) is 6.10 Å². The highest BCUT2D eigenvalue weighted by Crippen LogP contribution is 2.60. The molecular weight excluding hydrogens is 543 g/mol. The number of carbonyl (C=O) groups excluding carboxylic acids is 1. The molecule has 3 heterocycles. The Kier molecular flexibility index (Phi) is 7.62. The number of nitrogens with one attached hydrogen (secondary N) is 1. The Labute approximate surface area is 214 Å². The number of aromatic nitrogens is 2. The summed E-state index contributed by atoms with van der Waals surface area (Å²) in [5.74, 6) is -4.36. The van der Waals surface area contributed by atoms with Gasteiger partial charge in [-0.05, 0) is 32.0 Å². The van der Waals surface area contributed by atoms with Gasteiger partial charge in [0.2, 0.25) is 6.23 Å². The highest BCUT2D eigenvalue weighted by Gasteiger charge is 2.65. The van der Waals surface area contributed by atoms with Crippen LogP contribution >= 0.6 is 19.4 Å². The maximum Gasteiger partial charge on any atom is 0.475 e. The smallest absolute Gasteiger partial charge is 0.475 e. The van der Waals surface area contributed by atoms with Crippen molar-refractivity contribution < 1.29 is 45.9 Å². The number of phosphoric acid groups is 1. The van der Waals surface area contributed by atoms with Crippen LogP contribution in [0, 0.1) is 0 Å². The van der Waals surface area contributed by atoms with Gasteiger partial charge in [-0.2, -0.15) is 13.8 Å². The van der Waals surface area contributed by atoms with Crippen LogP contribution in [0.15, 0.2) is 29.2 Å². The highest BCUT2D eigenvalue weighted by atomic mass is 35.5. The van der Waals surface area contributed by atoms with E-state index in [1.165, 1.54) is 40.2 Å². The Balaban J connectivity index is 1.54. The van der Waals surface area contributed by atoms with E-state index in [1.807, 2.05) is 0 Å². The van der Waals surface area contributed by atoms with Crippen molar-refractivity contribution in [1.82, 2.24) is 9.55 Å². The average molecular weight is 566 g/mol. The standard InChI is InChI=1S/C21H23ClF2N3O9P/c1-10(2)35-37(30)33-9-14-17(36-37)21(23,24)19(34-14)27-6-5-15(26-20(27)29)25-18(28)11-7-12(31-3)16(22)13(8-11)32-4/h5-8,10,14,17,19H,9H2,1-4H3,(H,25,26,28,29)/t14-,17-,19?,37?/m1/s1. The number of ether oxygens (including phenoxy) is 3. The molecule has 1 amide bonds. The Bertz CT molecular complexity index is 1280. The van der Waals surface area contributed by atoms with Crippen molar-refractivity contribution >= 4 is 31.1 Å². The first-order valence-electron chi connectivity index (χ1n) is 10.8. The van der Waals surface area contributed by atoms with E-state index >= 15 is 8.78 Å². The molecule has 2 aromatic rings. The van der Waals surface area contributed by atoms with E-state index < -0.39 is 56.5 Å². The molecule has 0 radical (unpaired) electrons. The third kappa shape index (κ3) is 5.35. The van der Waals surface area contributed by atoms with Crippen LogP contribution in [0.2, 0.25) is 5.02 Å². The Morgan fingerprint density at radius 1 is 1.30 bits per heavy atom. The molecule has 1 N–H and O–H groups in total. The second kappa shape index (κ2) is 10.3. The molecule has 4 atom stereocenters. The second-order valence-electron chi connectivity index (χ2n) is 8.28. The number of nitrogens with zero attached hydrogens (tertiary/aromatic N) is 2. The first-order valence-corrected chi connectivity index (χ1v) is 12.7. The summed E-state index contributed by atoms with van der Waals surface area (Å²) in [4.78, 5) is 29.0. The van der Waals surface area contributed by atoms with E-state index in [1.54, 1.807) is 0 Å². The predicted octanol–water partition coefficient (Wildman–Crippen LogP) is 3.65. The lowest BCUT2D eigenvalue weighted by Crippen LogP contribution is -2.45. The van der Waals surface area contributed by atoms with E-state index in [-0.39, 0.29) is 27.9 Å². The predicted molar refractivity (Wildman–Crippen MR) is 125 cm³/mol. The fourth-order valence-electron chi connectivity index (χ4n) is 3.73. The molecule has 2 fully saturated rings. The molecule has 1 aromatic carbocycles. The molecule has 1 aromatic heterocycles. The molecule has 2 saturated heterocycles. The van der Waals surface area contributed by atoms with Crippen LogP contribution in [0.5, 0.6) is 11.5 Å². The number of halogens is 3. The van der Waals surface area contributed by atoms with Crippen molar-refractivity contribution in [3.63, 3.8) is 0 Å². The van der Waals surface area contributed by atoms with Gasteiger partial charge in [-0.1, -0.05) is 11.6 Å². The number of carbonyl (C=O) groups is 1. The summed E-state index contributed by atoms with van der Waals surface area (Å²) in [6.07, 6.45) is -5.07. The summed E-state index contributed by atoms with van der Waals surface area (Å²) in [6.45, 7) is 2.58. The Hall–Kier alpha value is -2.61. The summed E-state index contributed by atoms with van der Waals surface area (Å²) < 4.78 is 74.2. The number of rotatable bonds is 7. The lowest BCUT2D eigenvalue weighted by Gasteiger charge is -2.32. The first-order chi connectivity index (χ1) is 17.4. The van der Waals surface area contributed by atoms with E-state index in [0.717, 1.165) is 12.3 Å². The quantitative estimate of drug-likeness (QED) is 0.495. The molecule has 37 heavy (non-hydrogen) atoms. The van der Waals surface area contributed by atoms with Crippen molar-refractivity contribution in [3.05, 3.63) is 45.5 Å². The van der Waals surface area contributed by atoms with Crippen molar-refractivity contribution in [1.29, 1.82) is 0 Å². The number of methoxy groups -OCH3 is 2. The normalized spacial score (nSPS) is 26.5. The van der Waals surface area contributed by atoms with Crippen LogP contribution in [0.1, 0.15) is 30.4 Å². The van der Waals surface area contributed by atoms with Crippen LogP contribution in [0.25, 0.3) is 0 Å². The number of hydrogen-bond donors (Lipinski definition) is 1. The molecule has 0 saturated carbocycles. The number of benzene rings is 1. The van der Waals surface area contributed by atoms with Gasteiger partial charge in [0.05, 0.1) is 26.9 Å². The number of anilines is 1. The molecule has 12 nitrogen and oxygen atoms in total. The number of hydrogen-bond acceptors (Lipinski definition) is 10. The SMILES string of the molecule is COc1cc(C(=O)Nc2ccn(C3O[C@@H]4COP(=O)(OC(C)C)O[C@H]4C3(F)F)c(=O)n2)cc(OC)c1Cl. The van der Waals surface area contributed by atoms with Crippen LogP contribution < -0.4 is 20.5 Å². The van der Waals surface area contributed by atoms with E-state index in [4.69, 9.17) is 39.4 Å². The number of amides is 1. The molecule has 4 rings (SSSR count). The topological polar surface area (TPSA) is 136 Å². The molecule has 2 aliphatic rings. The van der Waals surface area contributed by atoms with Gasteiger partial charge in [0.1, 0.15) is 28.4 Å². The van der Waals surface area contributed by atoms with Crippen molar-refractivity contribution in [3.8, 4) is 11.5 Å². The Morgan fingerprint density at radius 2 is 1.95 bits per heavy atom. The van der Waals surface area contributed by atoms with Gasteiger partial charge < -0.3 is 19.5 Å². The molecule has 0 bridgehead atoms. The third-order valence-electron chi connectivity index (χ3n) is 5.36. The summed E-state index contributed by atoms with van der Waals surface area (Å²) in [7, 11) is -1.54. The largest absolute Gasteiger partial charge is 0.495 e. The van der Waals surface area contributed by atoms with Gasteiger partial charge >= 0.3 is 19.4 Å². The summed E-state index contributed by atoms with van der Waals surface area (Å²) in [5, 5.41) is 2.55. The first kappa shape index (κ1) is 27.4. The minimum absolute atomic E-state index is 0.0732. The van der Waals surface area contributed by atoms with Crippen LogP contribution in [-0.4, -0.2) is 60.5 Å². The fourth-order valence-corrected chi connectivity index (χ4v) is 5.56. The van der Waals surface area contributed by atoms with Gasteiger partial charge in [0.25, 0.3) is 5.91 Å².